The predicted octanol–water partition coefficient (Wildman–Crippen LogP) is 3.58. The van der Waals surface area contributed by atoms with E-state index in [1.165, 1.54) is 12.1 Å². The summed E-state index contributed by atoms with van der Waals surface area (Å²) in [5.74, 6) is 0. The minimum Gasteiger partial charge on any atom is -0.166 e. The van der Waals surface area contributed by atoms with Gasteiger partial charge in [-0.2, -0.15) is 13.2 Å². The molecule has 0 amide bonds. The van der Waals surface area contributed by atoms with Gasteiger partial charge in [0.2, 0.25) is 0 Å². The third kappa shape index (κ3) is 1.76. The number of rotatable bonds is 0. The predicted molar refractivity (Wildman–Crippen MR) is 48.1 cm³/mol. The number of hydrogen-bond acceptors (Lipinski definition) is 0. The van der Waals surface area contributed by atoms with Crippen LogP contribution >= 0.6 is 0 Å². The van der Waals surface area contributed by atoms with Crippen molar-refractivity contribution in [3.8, 4) is 0 Å². The van der Waals surface area contributed by atoms with E-state index in [4.69, 9.17) is 0 Å². The molecule has 0 nitrogen and oxygen atoms in total. The van der Waals surface area contributed by atoms with E-state index in [2.05, 4.69) is 0 Å². The first kappa shape index (κ1) is 9.56. The number of hydrogen-bond donors (Lipinski definition) is 0. The molecule has 76 valence electrons. The summed E-state index contributed by atoms with van der Waals surface area (Å²) >= 11 is 0. The molecule has 1 aromatic carbocycles. The van der Waals surface area contributed by atoms with Gasteiger partial charge in [-0.3, -0.25) is 0 Å². The summed E-state index contributed by atoms with van der Waals surface area (Å²) < 4.78 is 37.1. The van der Waals surface area contributed by atoms with Crippen LogP contribution in [-0.2, 0) is 19.0 Å². The monoisotopic (exact) mass is 200 g/mol. The van der Waals surface area contributed by atoms with Gasteiger partial charge < -0.3 is 0 Å². The number of alkyl halides is 3. The lowest BCUT2D eigenvalue weighted by atomic mass is 9.90. The Bertz CT molecular complexity index is 339. The van der Waals surface area contributed by atoms with Crippen LogP contribution in [0.25, 0.3) is 0 Å². The summed E-state index contributed by atoms with van der Waals surface area (Å²) in [6.45, 7) is 0. The summed E-state index contributed by atoms with van der Waals surface area (Å²) in [4.78, 5) is 0. The lowest BCUT2D eigenvalue weighted by Gasteiger charge is -2.17. The van der Waals surface area contributed by atoms with Gasteiger partial charge in [0.25, 0.3) is 0 Å². The van der Waals surface area contributed by atoms with Gasteiger partial charge in [0.05, 0.1) is 5.56 Å². The van der Waals surface area contributed by atoms with Gasteiger partial charge >= 0.3 is 6.18 Å². The van der Waals surface area contributed by atoms with E-state index in [0.717, 1.165) is 36.8 Å². The SMILES string of the molecule is FC(F)(F)c1ccc2c(c1)CCCC2. The highest BCUT2D eigenvalue weighted by molar-refractivity contribution is 5.34. The van der Waals surface area contributed by atoms with E-state index < -0.39 is 11.7 Å². The van der Waals surface area contributed by atoms with Crippen LogP contribution in [0.3, 0.4) is 0 Å². The fourth-order valence-corrected chi connectivity index (χ4v) is 1.91. The molecule has 0 spiro atoms. The van der Waals surface area contributed by atoms with Crippen LogP contribution in [0, 0.1) is 0 Å². The summed E-state index contributed by atoms with van der Waals surface area (Å²) in [6.07, 6.45) is -0.383. The maximum atomic E-state index is 12.4. The van der Waals surface area contributed by atoms with Crippen molar-refractivity contribution in [2.75, 3.05) is 0 Å². The highest BCUT2D eigenvalue weighted by Crippen LogP contribution is 2.32. The van der Waals surface area contributed by atoms with Crippen LogP contribution < -0.4 is 0 Å². The molecule has 0 atom stereocenters. The molecule has 1 aliphatic rings. The maximum absolute atomic E-state index is 12.4. The number of halogens is 3. The molecular formula is C11H11F3. The van der Waals surface area contributed by atoms with Gasteiger partial charge in [-0.1, -0.05) is 6.07 Å². The van der Waals surface area contributed by atoms with Crippen molar-refractivity contribution in [1.29, 1.82) is 0 Å². The largest absolute Gasteiger partial charge is 0.416 e. The molecule has 14 heavy (non-hydrogen) atoms. The molecule has 0 saturated heterocycles. The van der Waals surface area contributed by atoms with Crippen LogP contribution in [-0.4, -0.2) is 0 Å². The molecule has 0 fully saturated rings. The highest BCUT2D eigenvalue weighted by atomic mass is 19.4. The van der Waals surface area contributed by atoms with Crippen molar-refractivity contribution in [1.82, 2.24) is 0 Å². The molecule has 2 rings (SSSR count). The number of fused-ring (bicyclic) bond motifs is 1. The second kappa shape index (κ2) is 3.30. The Labute approximate surface area is 80.7 Å². The molecule has 0 heterocycles. The Kier molecular flexibility index (Phi) is 2.25. The first-order valence-corrected chi connectivity index (χ1v) is 4.76. The second-order valence-corrected chi connectivity index (χ2v) is 3.69. The standard InChI is InChI=1S/C11H11F3/c12-11(13,14)10-6-5-8-3-1-2-4-9(8)7-10/h5-7H,1-4H2. The van der Waals surface area contributed by atoms with Crippen LogP contribution in [0.1, 0.15) is 29.5 Å². The van der Waals surface area contributed by atoms with Gasteiger partial charge in [-0.25, -0.2) is 0 Å². The first-order valence-electron chi connectivity index (χ1n) is 4.76. The minimum atomic E-state index is -4.20. The van der Waals surface area contributed by atoms with Crippen LogP contribution in [0.5, 0.6) is 0 Å². The van der Waals surface area contributed by atoms with E-state index in [1.807, 2.05) is 0 Å². The van der Waals surface area contributed by atoms with Crippen molar-refractivity contribution < 1.29 is 13.2 Å². The Balaban J connectivity index is 2.39. The van der Waals surface area contributed by atoms with Gasteiger partial charge in [0.15, 0.2) is 0 Å². The smallest absolute Gasteiger partial charge is 0.166 e. The molecular weight excluding hydrogens is 189 g/mol. The molecule has 1 aliphatic carbocycles. The van der Waals surface area contributed by atoms with Gasteiger partial charge in [-0.15, -0.1) is 0 Å². The zero-order valence-electron chi connectivity index (χ0n) is 7.69. The molecule has 0 N–H and O–H groups in total. The number of aryl methyl sites for hydroxylation is 2. The van der Waals surface area contributed by atoms with Gasteiger partial charge in [0.1, 0.15) is 0 Å². The lowest BCUT2D eigenvalue weighted by Crippen LogP contribution is -2.09. The summed E-state index contributed by atoms with van der Waals surface area (Å²) in [7, 11) is 0. The average molecular weight is 200 g/mol. The van der Waals surface area contributed by atoms with E-state index >= 15 is 0 Å². The van der Waals surface area contributed by atoms with Gasteiger partial charge in [-0.05, 0) is 48.9 Å². The molecule has 0 aromatic heterocycles. The van der Waals surface area contributed by atoms with Crippen LogP contribution in [0.4, 0.5) is 13.2 Å². The van der Waals surface area contributed by atoms with E-state index in [9.17, 15) is 13.2 Å². The van der Waals surface area contributed by atoms with Crippen LogP contribution in [0.2, 0.25) is 0 Å². The van der Waals surface area contributed by atoms with Crippen molar-refractivity contribution in [2.45, 2.75) is 31.9 Å². The van der Waals surface area contributed by atoms with Crippen molar-refractivity contribution >= 4 is 0 Å². The Morgan fingerprint density at radius 1 is 0.929 bits per heavy atom. The van der Waals surface area contributed by atoms with E-state index in [-0.39, 0.29) is 0 Å². The van der Waals surface area contributed by atoms with Crippen molar-refractivity contribution in [2.24, 2.45) is 0 Å². The Hall–Kier alpha value is -0.990. The fraction of sp³-hybridized carbons (Fsp3) is 0.455. The van der Waals surface area contributed by atoms with Crippen LogP contribution in [0.15, 0.2) is 18.2 Å². The van der Waals surface area contributed by atoms with E-state index in [1.54, 1.807) is 6.07 Å². The third-order valence-electron chi connectivity index (χ3n) is 2.68. The third-order valence-corrected chi connectivity index (χ3v) is 2.68. The fourth-order valence-electron chi connectivity index (χ4n) is 1.91. The molecule has 0 radical (unpaired) electrons. The summed E-state index contributed by atoms with van der Waals surface area (Å²) in [5.41, 5.74) is 1.45. The number of benzene rings is 1. The second-order valence-electron chi connectivity index (χ2n) is 3.69. The molecule has 0 unspecified atom stereocenters. The first-order chi connectivity index (χ1) is 6.57. The average Bonchev–Trinajstić information content (AvgIpc) is 2.16. The highest BCUT2D eigenvalue weighted by Gasteiger charge is 2.31. The van der Waals surface area contributed by atoms with E-state index in [0.29, 0.717) is 0 Å². The molecule has 0 saturated carbocycles. The normalized spacial score (nSPS) is 16.5. The molecule has 0 bridgehead atoms. The topological polar surface area (TPSA) is 0 Å². The Morgan fingerprint density at radius 3 is 2.21 bits per heavy atom. The Morgan fingerprint density at radius 2 is 1.57 bits per heavy atom. The lowest BCUT2D eigenvalue weighted by molar-refractivity contribution is -0.137. The summed E-state index contributed by atoms with van der Waals surface area (Å²) in [5, 5.41) is 0. The minimum absolute atomic E-state index is 0.516. The summed E-state index contributed by atoms with van der Waals surface area (Å²) in [6, 6.07) is 4.11. The quantitative estimate of drug-likeness (QED) is 0.600. The van der Waals surface area contributed by atoms with Crippen molar-refractivity contribution in [3.63, 3.8) is 0 Å². The molecule has 3 heteroatoms. The molecule has 0 aliphatic heterocycles. The zero-order chi connectivity index (χ0) is 10.2. The van der Waals surface area contributed by atoms with Crippen molar-refractivity contribution in [3.05, 3.63) is 34.9 Å². The zero-order valence-corrected chi connectivity index (χ0v) is 7.69. The molecule has 1 aromatic rings. The maximum Gasteiger partial charge on any atom is 0.416 e. The van der Waals surface area contributed by atoms with Gasteiger partial charge in [0, 0.05) is 0 Å².